The van der Waals surface area contributed by atoms with Crippen molar-refractivity contribution in [1.29, 1.82) is 0 Å². The lowest BCUT2D eigenvalue weighted by Gasteiger charge is -2.33. The Kier molecular flexibility index (Phi) is 7.02. The number of likely N-dealkylation sites (tertiary alicyclic amines) is 1. The zero-order valence-corrected chi connectivity index (χ0v) is 14.6. The highest BCUT2D eigenvalue weighted by Gasteiger charge is 2.21. The number of nitrogens with one attached hydrogen (secondary N) is 1. The molecule has 1 aromatic carbocycles. The summed E-state index contributed by atoms with van der Waals surface area (Å²) in [5.74, 6) is 0.800. The third-order valence-electron chi connectivity index (χ3n) is 4.41. The zero-order valence-electron chi connectivity index (χ0n) is 13.8. The fourth-order valence-corrected chi connectivity index (χ4v) is 3.48. The number of sulfone groups is 1. The molecule has 23 heavy (non-hydrogen) atoms. The van der Waals surface area contributed by atoms with Crippen LogP contribution in [0.4, 0.5) is 0 Å². The Morgan fingerprint density at radius 3 is 2.52 bits per heavy atom. The van der Waals surface area contributed by atoms with Crippen LogP contribution < -0.4 is 5.32 Å². The monoisotopic (exact) mass is 340 g/mol. The van der Waals surface area contributed by atoms with Crippen LogP contribution in [-0.2, 0) is 9.84 Å². The minimum Gasteiger partial charge on any atom is -0.387 e. The number of benzene rings is 1. The lowest BCUT2D eigenvalue weighted by molar-refractivity contribution is 0.0892. The van der Waals surface area contributed by atoms with Gasteiger partial charge in [0.1, 0.15) is 9.84 Å². The van der Waals surface area contributed by atoms with Gasteiger partial charge >= 0.3 is 0 Å². The van der Waals surface area contributed by atoms with Gasteiger partial charge in [-0.15, -0.1) is 0 Å². The molecule has 0 bridgehead atoms. The quantitative estimate of drug-likeness (QED) is 0.693. The average Bonchev–Trinajstić information content (AvgIpc) is 2.53. The Bertz CT molecular complexity index is 554. The van der Waals surface area contributed by atoms with Crippen LogP contribution in [0.1, 0.15) is 24.5 Å². The van der Waals surface area contributed by atoms with Gasteiger partial charge in [0.25, 0.3) is 0 Å². The predicted octanol–water partition coefficient (Wildman–Crippen LogP) is 1.07. The van der Waals surface area contributed by atoms with Crippen LogP contribution >= 0.6 is 0 Å². The molecule has 2 rings (SSSR count). The molecule has 0 spiro atoms. The summed E-state index contributed by atoms with van der Waals surface area (Å²) in [6.07, 6.45) is 3.02. The Hall–Kier alpha value is -0.950. The van der Waals surface area contributed by atoms with Gasteiger partial charge in [-0.2, -0.15) is 0 Å². The molecule has 0 saturated carbocycles. The Morgan fingerprint density at radius 1 is 1.26 bits per heavy atom. The van der Waals surface area contributed by atoms with E-state index in [2.05, 4.69) is 10.2 Å². The molecule has 0 unspecified atom stereocenters. The van der Waals surface area contributed by atoms with Gasteiger partial charge in [0.2, 0.25) is 0 Å². The third-order valence-corrected chi connectivity index (χ3v) is 5.35. The summed E-state index contributed by atoms with van der Waals surface area (Å²) in [5.41, 5.74) is 0.970. The highest BCUT2D eigenvalue weighted by Crippen LogP contribution is 2.20. The van der Waals surface area contributed by atoms with E-state index < -0.39 is 15.9 Å². The molecule has 0 aromatic heterocycles. The van der Waals surface area contributed by atoms with E-state index >= 15 is 0 Å². The van der Waals surface area contributed by atoms with Gasteiger partial charge in [-0.25, -0.2) is 8.42 Å². The van der Waals surface area contributed by atoms with Crippen molar-refractivity contribution in [2.24, 2.45) is 5.92 Å². The first-order chi connectivity index (χ1) is 10.9. The highest BCUT2D eigenvalue weighted by atomic mass is 32.2. The summed E-state index contributed by atoms with van der Waals surface area (Å²) in [6.45, 7) is 4.07. The van der Waals surface area contributed by atoms with Gasteiger partial charge < -0.3 is 15.3 Å². The maximum absolute atomic E-state index is 11.1. The number of hydrogen-bond acceptors (Lipinski definition) is 5. The molecule has 0 radical (unpaired) electrons. The molecule has 2 N–H and O–H groups in total. The van der Waals surface area contributed by atoms with Gasteiger partial charge in [0.05, 0.1) is 11.9 Å². The molecule has 1 aromatic rings. The molecule has 1 heterocycles. The summed E-state index contributed by atoms with van der Waals surface area (Å²) >= 11 is 0. The van der Waals surface area contributed by atoms with Crippen molar-refractivity contribution in [3.63, 3.8) is 0 Å². The zero-order chi connectivity index (χ0) is 16.7. The van der Waals surface area contributed by atoms with Crippen LogP contribution in [0.15, 0.2) is 30.3 Å². The van der Waals surface area contributed by atoms with Gasteiger partial charge in [0.15, 0.2) is 0 Å². The maximum Gasteiger partial charge on any atom is 0.148 e. The lowest BCUT2D eigenvalue weighted by Crippen LogP contribution is -2.39. The standard InChI is InChI=1S/C17H28N2O3S/c1-23(21,22)12-9-18-13-15-7-10-19(11-8-15)14-17(20)16-5-3-2-4-6-16/h2-6,15,17-18,20H,7-14H2,1H3/t17-/m1/s1. The fourth-order valence-electron chi connectivity index (χ4n) is 2.96. The second-order valence-corrected chi connectivity index (χ2v) is 8.76. The van der Waals surface area contributed by atoms with Crippen LogP contribution in [0.3, 0.4) is 0 Å². The van der Waals surface area contributed by atoms with Crippen LogP contribution in [-0.4, -0.2) is 63.2 Å². The van der Waals surface area contributed by atoms with Crippen LogP contribution in [0.2, 0.25) is 0 Å². The molecule has 5 nitrogen and oxygen atoms in total. The number of β-amino-alcohol motifs (C(OH)–C–C–N with tert-alkyl or cyclic N) is 1. The largest absolute Gasteiger partial charge is 0.387 e. The predicted molar refractivity (Wildman–Crippen MR) is 93.1 cm³/mol. The highest BCUT2D eigenvalue weighted by molar-refractivity contribution is 7.90. The SMILES string of the molecule is CS(=O)(=O)CCNCC1CCN(C[C@@H](O)c2ccccc2)CC1. The Morgan fingerprint density at radius 2 is 1.91 bits per heavy atom. The molecule has 1 aliphatic rings. The first-order valence-corrected chi connectivity index (χ1v) is 10.3. The van der Waals surface area contributed by atoms with Crippen LogP contribution in [0.25, 0.3) is 0 Å². The Balaban J connectivity index is 1.64. The molecule has 6 heteroatoms. The van der Waals surface area contributed by atoms with Gasteiger partial charge in [0, 0.05) is 19.3 Å². The molecule has 1 saturated heterocycles. The number of piperidine rings is 1. The van der Waals surface area contributed by atoms with E-state index in [0.29, 0.717) is 19.0 Å². The van der Waals surface area contributed by atoms with Crippen molar-refractivity contribution < 1.29 is 13.5 Å². The second-order valence-electron chi connectivity index (χ2n) is 6.50. The number of aliphatic hydroxyl groups excluding tert-OH is 1. The maximum atomic E-state index is 11.1. The smallest absolute Gasteiger partial charge is 0.148 e. The minimum atomic E-state index is -2.87. The van der Waals surface area contributed by atoms with Crippen molar-refractivity contribution in [3.05, 3.63) is 35.9 Å². The fraction of sp³-hybridized carbons (Fsp3) is 0.647. The van der Waals surface area contributed by atoms with E-state index in [0.717, 1.165) is 38.0 Å². The number of rotatable bonds is 8. The normalized spacial score (nSPS) is 18.9. The van der Waals surface area contributed by atoms with Crippen molar-refractivity contribution in [1.82, 2.24) is 10.2 Å². The first-order valence-electron chi connectivity index (χ1n) is 8.28. The van der Waals surface area contributed by atoms with Crippen molar-refractivity contribution in [3.8, 4) is 0 Å². The molecule has 1 aliphatic heterocycles. The summed E-state index contributed by atoms with van der Waals surface area (Å²) in [7, 11) is -2.87. The van der Waals surface area contributed by atoms with E-state index in [1.54, 1.807) is 0 Å². The van der Waals surface area contributed by atoms with E-state index in [1.807, 2.05) is 30.3 Å². The number of hydrogen-bond donors (Lipinski definition) is 2. The third kappa shape index (κ3) is 6.99. The molecule has 1 fully saturated rings. The minimum absolute atomic E-state index is 0.203. The molecule has 0 amide bonds. The Labute approximate surface area is 139 Å². The lowest BCUT2D eigenvalue weighted by atomic mass is 9.96. The van der Waals surface area contributed by atoms with Gasteiger partial charge in [-0.1, -0.05) is 30.3 Å². The molecule has 0 aliphatic carbocycles. The number of aliphatic hydroxyl groups is 1. The van der Waals surface area contributed by atoms with Crippen LogP contribution in [0, 0.1) is 5.92 Å². The van der Waals surface area contributed by atoms with Crippen molar-refractivity contribution in [2.75, 3.05) is 44.7 Å². The molecule has 130 valence electrons. The summed E-state index contributed by atoms with van der Waals surface area (Å²) in [6, 6.07) is 9.78. The molecule has 1 atom stereocenters. The van der Waals surface area contributed by atoms with E-state index in [-0.39, 0.29) is 5.75 Å². The summed E-state index contributed by atoms with van der Waals surface area (Å²) in [5, 5.41) is 13.5. The van der Waals surface area contributed by atoms with E-state index in [4.69, 9.17) is 0 Å². The van der Waals surface area contributed by atoms with E-state index in [9.17, 15) is 13.5 Å². The van der Waals surface area contributed by atoms with Crippen LogP contribution in [0.5, 0.6) is 0 Å². The topological polar surface area (TPSA) is 69.6 Å². The van der Waals surface area contributed by atoms with E-state index in [1.165, 1.54) is 6.26 Å². The number of nitrogens with zero attached hydrogens (tertiary/aromatic N) is 1. The second kappa shape index (κ2) is 8.78. The van der Waals surface area contributed by atoms with Crippen molar-refractivity contribution >= 4 is 9.84 Å². The summed E-state index contributed by atoms with van der Waals surface area (Å²) in [4.78, 5) is 2.31. The average molecular weight is 340 g/mol. The van der Waals surface area contributed by atoms with Gasteiger partial charge in [-0.05, 0) is 44.0 Å². The molecular formula is C17H28N2O3S. The van der Waals surface area contributed by atoms with Gasteiger partial charge in [-0.3, -0.25) is 0 Å². The molecular weight excluding hydrogens is 312 g/mol. The summed E-state index contributed by atoms with van der Waals surface area (Å²) < 4.78 is 22.1. The first kappa shape index (κ1) is 18.4. The van der Waals surface area contributed by atoms with Crippen molar-refractivity contribution in [2.45, 2.75) is 18.9 Å².